The van der Waals surface area contributed by atoms with E-state index in [4.69, 9.17) is 30.5 Å². The Balaban J connectivity index is 1.24. The van der Waals surface area contributed by atoms with E-state index in [1.807, 2.05) is 61.5 Å². The summed E-state index contributed by atoms with van der Waals surface area (Å²) in [5.74, 6) is 0.920. The molecule has 45 heavy (non-hydrogen) atoms. The zero-order valence-electron chi connectivity index (χ0n) is 24.7. The second-order valence-corrected chi connectivity index (χ2v) is 11.5. The highest BCUT2D eigenvalue weighted by molar-refractivity contribution is 9.10. The molecule has 3 aromatic heterocycles. The quantitative estimate of drug-likeness (QED) is 0.174. The molecule has 0 amide bonds. The molecule has 13 heteroatoms. The van der Waals surface area contributed by atoms with E-state index in [-0.39, 0.29) is 18.9 Å². The van der Waals surface area contributed by atoms with Gasteiger partial charge in [0, 0.05) is 42.0 Å². The van der Waals surface area contributed by atoms with Gasteiger partial charge in [0.15, 0.2) is 0 Å². The van der Waals surface area contributed by atoms with Crippen LogP contribution in [0, 0.1) is 6.92 Å². The van der Waals surface area contributed by atoms with Gasteiger partial charge in [-0.3, -0.25) is 0 Å². The van der Waals surface area contributed by atoms with Crippen LogP contribution in [0.15, 0.2) is 71.6 Å². The Morgan fingerprint density at radius 1 is 1.09 bits per heavy atom. The molecule has 5 aromatic rings. The number of methoxy groups -OCH3 is 1. The minimum atomic E-state index is -1.02. The summed E-state index contributed by atoms with van der Waals surface area (Å²) < 4.78 is 25.5. The molecule has 0 bridgehead atoms. The molecule has 2 aromatic carbocycles. The monoisotopic (exact) mass is 692 g/mol. The van der Waals surface area contributed by atoms with Crippen LogP contribution in [-0.2, 0) is 27.3 Å². The number of para-hydroxylation sites is 1. The van der Waals surface area contributed by atoms with Gasteiger partial charge in [0.05, 0.1) is 30.5 Å². The molecule has 1 atom stereocenters. The lowest BCUT2D eigenvalue weighted by Crippen LogP contribution is -2.37. The third-order valence-electron chi connectivity index (χ3n) is 7.46. The third-order valence-corrected chi connectivity index (χ3v) is 8.49. The number of esters is 1. The van der Waals surface area contributed by atoms with Gasteiger partial charge in [0.2, 0.25) is 17.9 Å². The SMILES string of the molecule is COC(=O)C(Cc1ccccc1OCc1ccnc(N2CCOCC2)n1)Oc1ncnn2c(C)c(-c3ccc(Cl)cc3)c(Br)c12. The molecular formula is C32H30BrClN6O5. The maximum absolute atomic E-state index is 13.1. The first-order chi connectivity index (χ1) is 21.9. The molecule has 1 aliphatic rings. The molecule has 11 nitrogen and oxygen atoms in total. The molecule has 6 rings (SSSR count). The number of aryl methyl sites for hydroxylation is 1. The van der Waals surface area contributed by atoms with Crippen molar-refractivity contribution >= 4 is 45.0 Å². The Labute approximate surface area is 273 Å². The molecule has 4 heterocycles. The second kappa shape index (κ2) is 13.8. The van der Waals surface area contributed by atoms with Gasteiger partial charge in [-0.1, -0.05) is 41.9 Å². The average molecular weight is 694 g/mol. The van der Waals surface area contributed by atoms with Crippen molar-refractivity contribution in [3.05, 3.63) is 93.6 Å². The van der Waals surface area contributed by atoms with E-state index in [1.54, 1.807) is 10.7 Å². The van der Waals surface area contributed by atoms with Crippen LogP contribution in [0.1, 0.15) is 17.0 Å². The molecular weight excluding hydrogens is 664 g/mol. The predicted molar refractivity (Wildman–Crippen MR) is 172 cm³/mol. The minimum absolute atomic E-state index is 0.170. The molecule has 0 spiro atoms. The van der Waals surface area contributed by atoms with E-state index >= 15 is 0 Å². The summed E-state index contributed by atoms with van der Waals surface area (Å²) in [6, 6.07) is 16.8. The summed E-state index contributed by atoms with van der Waals surface area (Å²) in [6.45, 7) is 4.94. The van der Waals surface area contributed by atoms with Gasteiger partial charge in [-0.25, -0.2) is 19.3 Å². The number of halogens is 2. The Kier molecular flexibility index (Phi) is 9.43. The van der Waals surface area contributed by atoms with Crippen LogP contribution in [0.25, 0.3) is 16.6 Å². The first kappa shape index (κ1) is 30.8. The van der Waals surface area contributed by atoms with Crippen LogP contribution in [0.5, 0.6) is 11.6 Å². The van der Waals surface area contributed by atoms with Gasteiger partial charge in [0.1, 0.15) is 24.2 Å². The number of carbonyl (C=O) groups is 1. The van der Waals surface area contributed by atoms with E-state index < -0.39 is 12.1 Å². The molecule has 0 aliphatic carbocycles. The van der Waals surface area contributed by atoms with Gasteiger partial charge in [-0.05, 0) is 58.2 Å². The Bertz CT molecular complexity index is 1810. The van der Waals surface area contributed by atoms with Crippen molar-refractivity contribution in [1.82, 2.24) is 24.6 Å². The van der Waals surface area contributed by atoms with Crippen LogP contribution in [0.4, 0.5) is 5.95 Å². The number of rotatable bonds is 10. The van der Waals surface area contributed by atoms with Crippen LogP contribution in [0.2, 0.25) is 5.02 Å². The number of hydrogen-bond acceptors (Lipinski definition) is 10. The molecule has 232 valence electrons. The lowest BCUT2D eigenvalue weighted by Gasteiger charge is -2.26. The zero-order valence-corrected chi connectivity index (χ0v) is 27.0. The number of hydrogen-bond donors (Lipinski definition) is 0. The summed E-state index contributed by atoms with van der Waals surface area (Å²) in [4.78, 5) is 28.6. The Morgan fingerprint density at radius 3 is 2.64 bits per heavy atom. The molecule has 1 unspecified atom stereocenters. The van der Waals surface area contributed by atoms with Crippen molar-refractivity contribution in [2.75, 3.05) is 38.3 Å². The van der Waals surface area contributed by atoms with Crippen molar-refractivity contribution < 1.29 is 23.7 Å². The summed E-state index contributed by atoms with van der Waals surface area (Å²) >= 11 is 9.86. The lowest BCUT2D eigenvalue weighted by molar-refractivity contribution is -0.148. The van der Waals surface area contributed by atoms with Gasteiger partial charge < -0.3 is 23.8 Å². The number of nitrogens with zero attached hydrogens (tertiary/aromatic N) is 6. The standard InChI is InChI=1S/C32H30BrClN6O5/c1-20-27(21-7-9-23(34)10-8-21)28(33)29-30(36-19-37-40(20)29)45-26(31(41)42-2)17-22-5-3-4-6-25(22)44-18-24-11-12-35-32(38-24)39-13-15-43-16-14-39/h3-12,19,26H,13-18H2,1-2H3. The molecule has 1 fully saturated rings. The summed E-state index contributed by atoms with van der Waals surface area (Å²) in [7, 11) is 1.33. The van der Waals surface area contributed by atoms with Crippen LogP contribution >= 0.6 is 27.5 Å². The number of fused-ring (bicyclic) bond motifs is 1. The summed E-state index contributed by atoms with van der Waals surface area (Å²) in [5, 5.41) is 5.08. The van der Waals surface area contributed by atoms with E-state index in [0.29, 0.717) is 35.5 Å². The fraction of sp³-hybridized carbons (Fsp3) is 0.281. The van der Waals surface area contributed by atoms with Crippen molar-refractivity contribution in [2.45, 2.75) is 26.1 Å². The number of aromatic nitrogens is 5. The van der Waals surface area contributed by atoms with Crippen molar-refractivity contribution in [3.8, 4) is 22.8 Å². The highest BCUT2D eigenvalue weighted by atomic mass is 79.9. The molecule has 0 N–H and O–H groups in total. The number of ether oxygens (including phenoxy) is 4. The van der Waals surface area contributed by atoms with E-state index in [9.17, 15) is 4.79 Å². The average Bonchev–Trinajstić information content (AvgIpc) is 3.34. The maximum Gasteiger partial charge on any atom is 0.347 e. The lowest BCUT2D eigenvalue weighted by atomic mass is 10.1. The number of anilines is 1. The highest BCUT2D eigenvalue weighted by Crippen LogP contribution is 2.40. The van der Waals surface area contributed by atoms with Crippen LogP contribution in [0.3, 0.4) is 0 Å². The first-order valence-corrected chi connectivity index (χ1v) is 15.5. The summed E-state index contributed by atoms with van der Waals surface area (Å²) in [5.41, 5.74) is 4.78. The number of carbonyl (C=O) groups excluding carboxylic acids is 1. The molecule has 1 saturated heterocycles. The molecule has 1 aliphatic heterocycles. The first-order valence-electron chi connectivity index (χ1n) is 14.3. The second-order valence-electron chi connectivity index (χ2n) is 10.3. The smallest absolute Gasteiger partial charge is 0.347 e. The van der Waals surface area contributed by atoms with Gasteiger partial charge in [-0.15, -0.1) is 0 Å². The largest absolute Gasteiger partial charge is 0.487 e. The van der Waals surface area contributed by atoms with E-state index in [2.05, 4.69) is 40.9 Å². The Morgan fingerprint density at radius 2 is 1.87 bits per heavy atom. The number of morpholine rings is 1. The maximum atomic E-state index is 13.1. The number of benzene rings is 2. The predicted octanol–water partition coefficient (Wildman–Crippen LogP) is 5.49. The topological polar surface area (TPSA) is 113 Å². The third kappa shape index (κ3) is 6.73. The van der Waals surface area contributed by atoms with Crippen LogP contribution in [-0.4, -0.2) is 70.1 Å². The van der Waals surface area contributed by atoms with E-state index in [0.717, 1.165) is 45.6 Å². The minimum Gasteiger partial charge on any atom is -0.487 e. The zero-order chi connectivity index (χ0) is 31.3. The molecule has 0 radical (unpaired) electrons. The van der Waals surface area contributed by atoms with Gasteiger partial charge in [-0.2, -0.15) is 10.1 Å². The fourth-order valence-electron chi connectivity index (χ4n) is 5.19. The van der Waals surface area contributed by atoms with Crippen molar-refractivity contribution in [3.63, 3.8) is 0 Å². The highest BCUT2D eigenvalue weighted by Gasteiger charge is 2.28. The van der Waals surface area contributed by atoms with E-state index in [1.165, 1.54) is 13.4 Å². The van der Waals surface area contributed by atoms with Crippen molar-refractivity contribution in [2.24, 2.45) is 0 Å². The Hall–Kier alpha value is -4.26. The fourth-order valence-corrected chi connectivity index (χ4v) is 6.17. The van der Waals surface area contributed by atoms with Crippen molar-refractivity contribution in [1.29, 1.82) is 0 Å². The molecule has 0 saturated carbocycles. The van der Waals surface area contributed by atoms with Gasteiger partial charge >= 0.3 is 5.97 Å². The van der Waals surface area contributed by atoms with Crippen LogP contribution < -0.4 is 14.4 Å². The summed E-state index contributed by atoms with van der Waals surface area (Å²) in [6.07, 6.45) is 2.27. The van der Waals surface area contributed by atoms with Gasteiger partial charge in [0.25, 0.3) is 0 Å². The normalized spacial score (nSPS) is 13.9.